The highest BCUT2D eigenvalue weighted by Gasteiger charge is 2.16. The van der Waals surface area contributed by atoms with Crippen LogP contribution in [0, 0.1) is 0 Å². The third-order valence-corrected chi connectivity index (χ3v) is 4.16. The molecule has 6 heteroatoms. The van der Waals surface area contributed by atoms with Crippen LogP contribution in [0.15, 0.2) is 47.3 Å². The van der Waals surface area contributed by atoms with Crippen molar-refractivity contribution in [3.8, 4) is 0 Å². The van der Waals surface area contributed by atoms with Crippen molar-refractivity contribution in [1.29, 1.82) is 0 Å². The van der Waals surface area contributed by atoms with E-state index >= 15 is 0 Å². The zero-order valence-corrected chi connectivity index (χ0v) is 14.2. The highest BCUT2D eigenvalue weighted by molar-refractivity contribution is 6.07. The molecule has 2 aromatic carbocycles. The maximum atomic E-state index is 12.5. The molecule has 1 N–H and O–H groups in total. The molecule has 0 bridgehead atoms. The second-order valence-corrected chi connectivity index (χ2v) is 5.97. The number of amides is 1. The Labute approximate surface area is 139 Å². The zero-order valence-electron chi connectivity index (χ0n) is 14.2. The van der Waals surface area contributed by atoms with E-state index in [4.69, 9.17) is 0 Å². The lowest BCUT2D eigenvalue weighted by molar-refractivity contribution is 0.102. The number of rotatable bonds is 3. The van der Waals surface area contributed by atoms with Crippen LogP contribution in [0.2, 0.25) is 0 Å². The van der Waals surface area contributed by atoms with Gasteiger partial charge >= 0.3 is 5.69 Å². The first-order valence-electron chi connectivity index (χ1n) is 7.63. The van der Waals surface area contributed by atoms with Crippen molar-refractivity contribution in [2.45, 2.75) is 0 Å². The second-order valence-electron chi connectivity index (χ2n) is 5.97. The molecule has 124 valence electrons. The van der Waals surface area contributed by atoms with E-state index in [0.29, 0.717) is 11.3 Å². The third-order valence-electron chi connectivity index (χ3n) is 4.16. The molecule has 3 rings (SSSR count). The highest BCUT2D eigenvalue weighted by Crippen LogP contribution is 2.30. The lowest BCUT2D eigenvalue weighted by Crippen LogP contribution is -2.19. The van der Waals surface area contributed by atoms with E-state index in [-0.39, 0.29) is 11.6 Å². The zero-order chi connectivity index (χ0) is 17.4. The number of hydrogen-bond acceptors (Lipinski definition) is 3. The van der Waals surface area contributed by atoms with E-state index in [0.717, 1.165) is 16.7 Å². The average molecular weight is 324 g/mol. The van der Waals surface area contributed by atoms with Gasteiger partial charge in [-0.15, -0.1) is 0 Å². The summed E-state index contributed by atoms with van der Waals surface area (Å²) in [5, 5.41) is 2.95. The number of hydrogen-bond donors (Lipinski definition) is 1. The summed E-state index contributed by atoms with van der Waals surface area (Å²) in [5.41, 5.74) is 3.60. The average Bonchev–Trinajstić information content (AvgIpc) is 2.79. The van der Waals surface area contributed by atoms with Gasteiger partial charge in [0.15, 0.2) is 0 Å². The summed E-state index contributed by atoms with van der Waals surface area (Å²) in [5.74, 6) is -0.181. The normalized spacial score (nSPS) is 10.8. The monoisotopic (exact) mass is 324 g/mol. The van der Waals surface area contributed by atoms with E-state index < -0.39 is 0 Å². The van der Waals surface area contributed by atoms with Gasteiger partial charge in [-0.25, -0.2) is 4.79 Å². The molecule has 0 saturated carbocycles. The topological polar surface area (TPSA) is 59.3 Å². The second kappa shape index (κ2) is 5.88. The van der Waals surface area contributed by atoms with Crippen molar-refractivity contribution in [3.05, 3.63) is 58.5 Å². The van der Waals surface area contributed by atoms with Crippen molar-refractivity contribution in [2.75, 3.05) is 24.3 Å². The molecule has 24 heavy (non-hydrogen) atoms. The van der Waals surface area contributed by atoms with Gasteiger partial charge in [-0.1, -0.05) is 18.2 Å². The summed E-state index contributed by atoms with van der Waals surface area (Å²) in [7, 11) is 7.27. The number of aromatic nitrogens is 2. The molecule has 0 aliphatic carbocycles. The molecular weight excluding hydrogens is 304 g/mol. The molecule has 6 nitrogen and oxygen atoms in total. The summed E-state index contributed by atoms with van der Waals surface area (Å²) in [6.07, 6.45) is 0. The number of benzene rings is 2. The minimum atomic E-state index is -0.181. The molecule has 0 spiro atoms. The Kier molecular flexibility index (Phi) is 3.89. The summed E-state index contributed by atoms with van der Waals surface area (Å²) in [4.78, 5) is 26.5. The minimum absolute atomic E-state index is 0.0961. The first kappa shape index (κ1) is 15.9. The molecule has 0 saturated heterocycles. The molecule has 0 radical (unpaired) electrons. The maximum absolute atomic E-state index is 12.5. The van der Waals surface area contributed by atoms with Crippen molar-refractivity contribution in [3.63, 3.8) is 0 Å². The molecule has 1 heterocycles. The van der Waals surface area contributed by atoms with Crippen LogP contribution in [0.3, 0.4) is 0 Å². The number of anilines is 2. The smallest absolute Gasteiger partial charge is 0.328 e. The highest BCUT2D eigenvalue weighted by atomic mass is 16.2. The third kappa shape index (κ3) is 2.56. The van der Waals surface area contributed by atoms with Crippen molar-refractivity contribution < 1.29 is 4.79 Å². The Balaban J connectivity index is 2.12. The van der Waals surface area contributed by atoms with Crippen LogP contribution in [-0.2, 0) is 14.1 Å². The predicted octanol–water partition coefficient (Wildman–Crippen LogP) is 2.20. The Hall–Kier alpha value is -3.02. The fraction of sp³-hybridized carbons (Fsp3) is 0.222. The fourth-order valence-corrected chi connectivity index (χ4v) is 2.79. The first-order chi connectivity index (χ1) is 11.4. The number of fused-ring (bicyclic) bond motifs is 1. The molecule has 3 aromatic rings. The van der Waals surface area contributed by atoms with Crippen molar-refractivity contribution >= 4 is 28.3 Å². The van der Waals surface area contributed by atoms with Gasteiger partial charge in [-0.05, 0) is 24.3 Å². The van der Waals surface area contributed by atoms with Crippen LogP contribution in [0.4, 0.5) is 11.4 Å². The van der Waals surface area contributed by atoms with Gasteiger partial charge in [-0.3, -0.25) is 13.9 Å². The fourth-order valence-electron chi connectivity index (χ4n) is 2.79. The van der Waals surface area contributed by atoms with E-state index in [1.54, 1.807) is 35.4 Å². The van der Waals surface area contributed by atoms with Crippen LogP contribution >= 0.6 is 0 Å². The standard InChI is InChI=1S/C18H20N4O2/c1-20(2)14-11-16-15(21(3)18(24)22(16)4)10-13(14)19-17(23)12-8-6-5-7-9-12/h5-11H,1-4H3,(H,19,23). The number of aryl methyl sites for hydroxylation is 2. The molecule has 0 aliphatic rings. The Morgan fingerprint density at radius 2 is 1.58 bits per heavy atom. The summed E-state index contributed by atoms with van der Waals surface area (Å²) in [6.45, 7) is 0. The maximum Gasteiger partial charge on any atom is 0.328 e. The van der Waals surface area contributed by atoms with Gasteiger partial charge in [0, 0.05) is 33.8 Å². The summed E-state index contributed by atoms with van der Waals surface area (Å²) < 4.78 is 3.18. The van der Waals surface area contributed by atoms with Gasteiger partial charge in [-0.2, -0.15) is 0 Å². The van der Waals surface area contributed by atoms with E-state index in [2.05, 4.69) is 5.32 Å². The number of carbonyl (C=O) groups is 1. The Morgan fingerprint density at radius 3 is 2.17 bits per heavy atom. The van der Waals surface area contributed by atoms with Crippen LogP contribution in [0.5, 0.6) is 0 Å². The van der Waals surface area contributed by atoms with Gasteiger partial charge in [0.25, 0.3) is 5.91 Å². The number of nitrogens with one attached hydrogen (secondary N) is 1. The van der Waals surface area contributed by atoms with Gasteiger partial charge in [0.1, 0.15) is 0 Å². The van der Waals surface area contributed by atoms with Gasteiger partial charge in [0.05, 0.1) is 22.4 Å². The van der Waals surface area contributed by atoms with Gasteiger partial charge < -0.3 is 10.2 Å². The summed E-state index contributed by atoms with van der Waals surface area (Å²) >= 11 is 0. The van der Waals surface area contributed by atoms with Crippen LogP contribution in [0.25, 0.3) is 11.0 Å². The Bertz CT molecular complexity index is 968. The largest absolute Gasteiger partial charge is 0.376 e. The molecule has 0 fully saturated rings. The van der Waals surface area contributed by atoms with E-state index in [1.807, 2.05) is 49.3 Å². The number of nitrogens with zero attached hydrogens (tertiary/aromatic N) is 3. The molecule has 1 amide bonds. The molecule has 0 unspecified atom stereocenters. The lowest BCUT2D eigenvalue weighted by Gasteiger charge is -2.18. The van der Waals surface area contributed by atoms with Crippen molar-refractivity contribution in [1.82, 2.24) is 9.13 Å². The quantitative estimate of drug-likeness (QED) is 0.803. The van der Waals surface area contributed by atoms with E-state index in [1.165, 1.54) is 0 Å². The number of carbonyl (C=O) groups excluding carboxylic acids is 1. The predicted molar refractivity (Wildman–Crippen MR) is 96.9 cm³/mol. The lowest BCUT2D eigenvalue weighted by atomic mass is 10.2. The van der Waals surface area contributed by atoms with Crippen LogP contribution < -0.4 is 15.9 Å². The van der Waals surface area contributed by atoms with Gasteiger partial charge in [0.2, 0.25) is 0 Å². The SMILES string of the molecule is CN(C)c1cc2c(cc1NC(=O)c1ccccc1)n(C)c(=O)n2C. The summed E-state index contributed by atoms with van der Waals surface area (Å²) in [6, 6.07) is 12.8. The number of imidazole rings is 1. The Morgan fingerprint density at radius 1 is 1.00 bits per heavy atom. The first-order valence-corrected chi connectivity index (χ1v) is 7.63. The molecule has 1 aromatic heterocycles. The molecule has 0 atom stereocenters. The van der Waals surface area contributed by atoms with Crippen LogP contribution in [-0.4, -0.2) is 29.1 Å². The van der Waals surface area contributed by atoms with Crippen LogP contribution in [0.1, 0.15) is 10.4 Å². The molecular formula is C18H20N4O2. The molecule has 0 aliphatic heterocycles. The minimum Gasteiger partial charge on any atom is -0.376 e. The van der Waals surface area contributed by atoms with E-state index in [9.17, 15) is 9.59 Å². The van der Waals surface area contributed by atoms with Crippen molar-refractivity contribution in [2.24, 2.45) is 14.1 Å².